The smallest absolute Gasteiger partial charge is 0.154 e. The number of aromatic nitrogens is 4. The SMILES string of the molecule is c1ccc(Cn2nnnc2C2CCCNCC2)cc1. The fraction of sp³-hybridized carbons (Fsp3) is 0.500. The molecule has 1 aromatic carbocycles. The van der Waals surface area contributed by atoms with E-state index >= 15 is 0 Å². The number of hydrogen-bond donors (Lipinski definition) is 1. The second kappa shape index (κ2) is 5.93. The monoisotopic (exact) mass is 257 g/mol. The average Bonchev–Trinajstić information content (AvgIpc) is 2.74. The van der Waals surface area contributed by atoms with E-state index in [1.165, 1.54) is 18.4 Å². The Labute approximate surface area is 113 Å². The van der Waals surface area contributed by atoms with E-state index in [0.29, 0.717) is 5.92 Å². The van der Waals surface area contributed by atoms with E-state index in [1.807, 2.05) is 10.7 Å². The highest BCUT2D eigenvalue weighted by Gasteiger charge is 2.20. The van der Waals surface area contributed by atoms with Crippen LogP contribution in [0.1, 0.15) is 36.6 Å². The molecule has 0 amide bonds. The maximum atomic E-state index is 4.25. The van der Waals surface area contributed by atoms with Crippen LogP contribution in [0, 0.1) is 0 Å². The van der Waals surface area contributed by atoms with Crippen molar-refractivity contribution in [2.45, 2.75) is 31.7 Å². The molecule has 5 nitrogen and oxygen atoms in total. The van der Waals surface area contributed by atoms with Crippen LogP contribution in [0.15, 0.2) is 30.3 Å². The zero-order chi connectivity index (χ0) is 12.9. The molecule has 1 aliphatic heterocycles. The molecule has 0 saturated carbocycles. The maximum absolute atomic E-state index is 4.25. The van der Waals surface area contributed by atoms with Crippen molar-refractivity contribution in [3.8, 4) is 0 Å². The molecule has 1 atom stereocenters. The molecule has 1 fully saturated rings. The summed E-state index contributed by atoms with van der Waals surface area (Å²) in [5.74, 6) is 1.52. The molecule has 1 aliphatic rings. The third kappa shape index (κ3) is 2.98. The van der Waals surface area contributed by atoms with Gasteiger partial charge in [-0.05, 0) is 48.3 Å². The van der Waals surface area contributed by atoms with Crippen molar-refractivity contribution in [3.63, 3.8) is 0 Å². The molecule has 1 saturated heterocycles. The normalized spacial score (nSPS) is 20.1. The lowest BCUT2D eigenvalue weighted by molar-refractivity contribution is 0.521. The molecule has 5 heteroatoms. The molecular weight excluding hydrogens is 238 g/mol. The van der Waals surface area contributed by atoms with Crippen molar-refractivity contribution in [3.05, 3.63) is 41.7 Å². The zero-order valence-electron chi connectivity index (χ0n) is 11.0. The molecule has 2 aromatic rings. The van der Waals surface area contributed by atoms with Crippen LogP contribution in [0.2, 0.25) is 0 Å². The van der Waals surface area contributed by atoms with E-state index in [2.05, 4.69) is 45.1 Å². The number of benzene rings is 1. The molecule has 3 rings (SSSR count). The zero-order valence-corrected chi connectivity index (χ0v) is 11.0. The number of nitrogens with zero attached hydrogens (tertiary/aromatic N) is 4. The Morgan fingerprint density at radius 1 is 1.16 bits per heavy atom. The minimum absolute atomic E-state index is 0.480. The van der Waals surface area contributed by atoms with Crippen molar-refractivity contribution in [1.82, 2.24) is 25.5 Å². The molecule has 1 N–H and O–H groups in total. The molecule has 1 unspecified atom stereocenters. The summed E-state index contributed by atoms with van der Waals surface area (Å²) in [5.41, 5.74) is 1.24. The molecule has 0 bridgehead atoms. The first-order valence-electron chi connectivity index (χ1n) is 6.94. The third-order valence-corrected chi connectivity index (χ3v) is 3.68. The lowest BCUT2D eigenvalue weighted by atomic mass is 10.00. The van der Waals surface area contributed by atoms with Crippen LogP contribution in [0.3, 0.4) is 0 Å². The Morgan fingerprint density at radius 2 is 2.05 bits per heavy atom. The largest absolute Gasteiger partial charge is 0.317 e. The van der Waals surface area contributed by atoms with Gasteiger partial charge in [0, 0.05) is 5.92 Å². The Morgan fingerprint density at radius 3 is 2.95 bits per heavy atom. The van der Waals surface area contributed by atoms with Crippen molar-refractivity contribution >= 4 is 0 Å². The van der Waals surface area contributed by atoms with Gasteiger partial charge < -0.3 is 5.32 Å². The van der Waals surface area contributed by atoms with Crippen molar-refractivity contribution in [2.75, 3.05) is 13.1 Å². The van der Waals surface area contributed by atoms with Gasteiger partial charge in [-0.1, -0.05) is 30.3 Å². The molecule has 0 radical (unpaired) electrons. The summed E-state index contributed by atoms with van der Waals surface area (Å²) in [7, 11) is 0. The molecule has 100 valence electrons. The summed E-state index contributed by atoms with van der Waals surface area (Å²) >= 11 is 0. The molecular formula is C14H19N5. The van der Waals surface area contributed by atoms with Crippen LogP contribution in [0.5, 0.6) is 0 Å². The summed E-state index contributed by atoms with van der Waals surface area (Å²) in [6.45, 7) is 2.92. The maximum Gasteiger partial charge on any atom is 0.154 e. The van der Waals surface area contributed by atoms with Gasteiger partial charge in [0.25, 0.3) is 0 Å². The molecule has 0 aliphatic carbocycles. The van der Waals surface area contributed by atoms with Crippen LogP contribution < -0.4 is 5.32 Å². The van der Waals surface area contributed by atoms with E-state index in [0.717, 1.165) is 31.9 Å². The predicted octanol–water partition coefficient (Wildman–Crippen LogP) is 1.58. The van der Waals surface area contributed by atoms with Gasteiger partial charge >= 0.3 is 0 Å². The number of rotatable bonds is 3. The van der Waals surface area contributed by atoms with Gasteiger partial charge in [-0.15, -0.1) is 5.10 Å². The molecule has 2 heterocycles. The van der Waals surface area contributed by atoms with Gasteiger partial charge in [0.15, 0.2) is 5.82 Å². The number of tetrazole rings is 1. The van der Waals surface area contributed by atoms with Gasteiger partial charge in [-0.2, -0.15) is 0 Å². The number of nitrogens with one attached hydrogen (secondary N) is 1. The Bertz CT molecular complexity index is 500. The second-order valence-corrected chi connectivity index (χ2v) is 5.06. The highest BCUT2D eigenvalue weighted by atomic mass is 15.5. The Kier molecular flexibility index (Phi) is 3.83. The van der Waals surface area contributed by atoms with Gasteiger partial charge in [-0.3, -0.25) is 0 Å². The second-order valence-electron chi connectivity index (χ2n) is 5.06. The van der Waals surface area contributed by atoms with Crippen LogP contribution in [-0.2, 0) is 6.54 Å². The van der Waals surface area contributed by atoms with E-state index < -0.39 is 0 Å². The summed E-state index contributed by atoms with van der Waals surface area (Å²) in [6.07, 6.45) is 3.49. The predicted molar refractivity (Wildman–Crippen MR) is 72.8 cm³/mol. The first kappa shape index (κ1) is 12.3. The third-order valence-electron chi connectivity index (χ3n) is 3.68. The van der Waals surface area contributed by atoms with E-state index in [-0.39, 0.29) is 0 Å². The van der Waals surface area contributed by atoms with E-state index in [9.17, 15) is 0 Å². The number of hydrogen-bond acceptors (Lipinski definition) is 4. The highest BCUT2D eigenvalue weighted by Crippen LogP contribution is 2.24. The molecule has 1 aromatic heterocycles. The topological polar surface area (TPSA) is 55.6 Å². The average molecular weight is 257 g/mol. The van der Waals surface area contributed by atoms with Crippen molar-refractivity contribution in [1.29, 1.82) is 0 Å². The quantitative estimate of drug-likeness (QED) is 0.907. The lowest BCUT2D eigenvalue weighted by Gasteiger charge is -2.13. The van der Waals surface area contributed by atoms with Crippen molar-refractivity contribution in [2.24, 2.45) is 0 Å². The van der Waals surface area contributed by atoms with Crippen molar-refractivity contribution < 1.29 is 0 Å². The lowest BCUT2D eigenvalue weighted by Crippen LogP contribution is -2.15. The fourth-order valence-corrected chi connectivity index (χ4v) is 2.65. The van der Waals surface area contributed by atoms with Gasteiger partial charge in [0.1, 0.15) is 0 Å². The fourth-order valence-electron chi connectivity index (χ4n) is 2.65. The van der Waals surface area contributed by atoms with Crippen LogP contribution in [0.25, 0.3) is 0 Å². The summed E-state index contributed by atoms with van der Waals surface area (Å²) in [5, 5.41) is 15.7. The Hall–Kier alpha value is -1.75. The first-order valence-corrected chi connectivity index (χ1v) is 6.94. The van der Waals surface area contributed by atoms with E-state index in [4.69, 9.17) is 0 Å². The minimum Gasteiger partial charge on any atom is -0.317 e. The van der Waals surface area contributed by atoms with Gasteiger partial charge in [0.2, 0.25) is 0 Å². The van der Waals surface area contributed by atoms with Crippen LogP contribution >= 0.6 is 0 Å². The summed E-state index contributed by atoms with van der Waals surface area (Å²) in [6, 6.07) is 10.4. The van der Waals surface area contributed by atoms with Gasteiger partial charge in [0.05, 0.1) is 6.54 Å². The standard InChI is InChI=1S/C14H19N5/c1-2-5-12(6-3-1)11-19-14(16-17-18-19)13-7-4-9-15-10-8-13/h1-3,5-6,13,15H,4,7-11H2. The summed E-state index contributed by atoms with van der Waals surface area (Å²) in [4.78, 5) is 0. The Balaban J connectivity index is 1.78. The molecule has 0 spiro atoms. The van der Waals surface area contributed by atoms with Crippen LogP contribution in [-0.4, -0.2) is 33.3 Å². The highest BCUT2D eigenvalue weighted by molar-refractivity contribution is 5.15. The van der Waals surface area contributed by atoms with E-state index in [1.54, 1.807) is 0 Å². The van der Waals surface area contributed by atoms with Crippen LogP contribution in [0.4, 0.5) is 0 Å². The van der Waals surface area contributed by atoms with Gasteiger partial charge in [-0.25, -0.2) is 4.68 Å². The first-order chi connectivity index (χ1) is 9.43. The molecule has 19 heavy (non-hydrogen) atoms. The summed E-state index contributed by atoms with van der Waals surface area (Å²) < 4.78 is 1.95. The minimum atomic E-state index is 0.480.